The lowest BCUT2D eigenvalue weighted by atomic mass is 10.1. The summed E-state index contributed by atoms with van der Waals surface area (Å²) in [7, 11) is 1.59. The first kappa shape index (κ1) is 52.4. The molecule has 0 amide bonds. The third kappa shape index (κ3) is 42.4. The summed E-state index contributed by atoms with van der Waals surface area (Å²) in [6.45, 7) is 5.28. The van der Waals surface area contributed by atoms with Crippen LogP contribution in [-0.4, -0.2) is 75.6 Å². The van der Waals surface area contributed by atoms with Crippen LogP contribution in [0.1, 0.15) is 129 Å². The van der Waals surface area contributed by atoms with E-state index in [4.69, 9.17) is 18.5 Å². The van der Waals surface area contributed by atoms with Gasteiger partial charge in [0.2, 0.25) is 0 Å². The van der Waals surface area contributed by atoms with E-state index in [1.165, 1.54) is 25.7 Å². The van der Waals surface area contributed by atoms with Crippen LogP contribution >= 0.6 is 7.82 Å². The maximum atomic E-state index is 12.6. The minimum Gasteiger partial charge on any atom is -0.457 e. The molecule has 0 aliphatic heterocycles. The summed E-state index contributed by atoms with van der Waals surface area (Å²) >= 11 is 0. The van der Waals surface area contributed by atoms with Crippen molar-refractivity contribution >= 4 is 13.8 Å². The van der Waals surface area contributed by atoms with E-state index in [1.807, 2.05) is 33.3 Å². The molecule has 0 bridgehead atoms. The van der Waals surface area contributed by atoms with E-state index in [1.54, 1.807) is 0 Å². The summed E-state index contributed by atoms with van der Waals surface area (Å²) in [5, 5.41) is 0. The highest BCUT2D eigenvalue weighted by molar-refractivity contribution is 7.47. The van der Waals surface area contributed by atoms with Gasteiger partial charge in [-0.15, -0.1) is 0 Å². The van der Waals surface area contributed by atoms with Crippen molar-refractivity contribution in [3.05, 3.63) is 97.2 Å². The molecule has 0 saturated heterocycles. The van der Waals surface area contributed by atoms with Crippen molar-refractivity contribution in [2.75, 3.05) is 54.1 Å². The molecule has 55 heavy (non-hydrogen) atoms. The zero-order chi connectivity index (χ0) is 40.6. The van der Waals surface area contributed by atoms with Gasteiger partial charge in [0.15, 0.2) is 0 Å². The third-order valence-corrected chi connectivity index (χ3v) is 9.11. The molecule has 0 aliphatic rings. The predicted molar refractivity (Wildman–Crippen MR) is 233 cm³/mol. The number of allylic oxidation sites excluding steroid dienone is 16. The molecule has 0 aromatic carbocycles. The number of phosphoric acid groups is 1. The molecule has 2 atom stereocenters. The summed E-state index contributed by atoms with van der Waals surface area (Å²) in [5.41, 5.74) is 0. The lowest BCUT2D eigenvalue weighted by molar-refractivity contribution is -0.870. The predicted octanol–water partition coefficient (Wildman–Crippen LogP) is 12.3. The van der Waals surface area contributed by atoms with Gasteiger partial charge in [0, 0.05) is 13.0 Å². The van der Waals surface area contributed by atoms with Crippen molar-refractivity contribution < 1.29 is 37.3 Å². The fourth-order valence-corrected chi connectivity index (χ4v) is 5.65. The highest BCUT2D eigenvalue weighted by Crippen LogP contribution is 2.43. The van der Waals surface area contributed by atoms with Crippen LogP contribution < -0.4 is 0 Å². The molecule has 0 rings (SSSR count). The molecule has 0 aromatic heterocycles. The van der Waals surface area contributed by atoms with Crippen molar-refractivity contribution in [1.29, 1.82) is 0 Å². The number of rotatable bonds is 37. The molecule has 2 unspecified atom stereocenters. The Morgan fingerprint density at radius 2 is 1.05 bits per heavy atom. The van der Waals surface area contributed by atoms with Crippen LogP contribution in [0.2, 0.25) is 0 Å². The average Bonchev–Trinajstić information content (AvgIpc) is 3.13. The fraction of sp³-hybridized carbons (Fsp3) is 0.630. The summed E-state index contributed by atoms with van der Waals surface area (Å²) in [5.74, 6) is -0.404. The van der Waals surface area contributed by atoms with Gasteiger partial charge in [-0.1, -0.05) is 143 Å². The second kappa shape index (κ2) is 38.3. The summed E-state index contributed by atoms with van der Waals surface area (Å²) < 4.78 is 34.8. The zero-order valence-corrected chi connectivity index (χ0v) is 36.3. The quantitative estimate of drug-likeness (QED) is 0.0220. The first-order valence-electron chi connectivity index (χ1n) is 21.0. The number of hydrogen-bond acceptors (Lipinski definition) is 6. The van der Waals surface area contributed by atoms with Crippen molar-refractivity contribution in [3.63, 3.8) is 0 Å². The van der Waals surface area contributed by atoms with Crippen LogP contribution in [0.5, 0.6) is 0 Å². The van der Waals surface area contributed by atoms with E-state index >= 15 is 0 Å². The van der Waals surface area contributed by atoms with Crippen molar-refractivity contribution in [2.24, 2.45) is 0 Å². The van der Waals surface area contributed by atoms with Gasteiger partial charge in [-0.25, -0.2) is 4.57 Å². The molecule has 0 aliphatic carbocycles. The lowest BCUT2D eigenvalue weighted by Gasteiger charge is -2.24. The Morgan fingerprint density at radius 1 is 0.582 bits per heavy atom. The number of phosphoric ester groups is 1. The number of carbonyl (C=O) groups is 1. The minimum atomic E-state index is -4.30. The van der Waals surface area contributed by atoms with E-state index in [-0.39, 0.29) is 26.2 Å². The molecule has 0 saturated carbocycles. The van der Waals surface area contributed by atoms with Crippen LogP contribution in [-0.2, 0) is 27.9 Å². The molecule has 0 radical (unpaired) electrons. The normalized spacial score (nSPS) is 14.8. The second-order valence-electron chi connectivity index (χ2n) is 14.6. The molecular weight excluding hydrogens is 709 g/mol. The van der Waals surface area contributed by atoms with Crippen LogP contribution in [0.15, 0.2) is 97.2 Å². The number of ether oxygens (including phenoxy) is 2. The van der Waals surface area contributed by atoms with E-state index in [0.29, 0.717) is 24.1 Å². The number of carbonyl (C=O) groups excluding carboxylic acids is 1. The number of nitrogens with zero attached hydrogens (tertiary/aromatic N) is 1. The van der Waals surface area contributed by atoms with Gasteiger partial charge in [-0.2, -0.15) is 0 Å². The molecule has 0 aromatic rings. The van der Waals surface area contributed by atoms with Crippen molar-refractivity contribution in [3.8, 4) is 0 Å². The molecule has 0 spiro atoms. The second-order valence-corrected chi connectivity index (χ2v) is 16.1. The number of unbranched alkanes of at least 4 members (excludes halogenated alkanes) is 7. The van der Waals surface area contributed by atoms with Crippen molar-refractivity contribution in [1.82, 2.24) is 0 Å². The SMILES string of the molecule is CC/C=C\C/C=C\C/C=C\C/C=C\C/C=C\C/C=C\CCC(=O)OC(COCCCCCCCC/C=C\C/C=C\CCC)COP(=O)(O)OCC[N+](C)(C)C. The monoisotopic (exact) mass is 789 g/mol. The molecular formula is C46H79NO7P+. The standard InChI is InChI=1S/C46H78NO7P/c1-6-8-10-12-14-16-18-20-22-23-24-25-26-27-29-31-33-35-37-39-46(48)54-45(44-53-55(49,50)52-42-40-47(3,4)5)43-51-41-38-36-34-32-30-28-21-19-17-15-13-11-9-7-2/h8,10-11,13-14,16-17,19-20,22,24-25,27,29,33,35,45H,6-7,9,12,15,18,21,23,26,28,30-32,34,36-44H2,1-5H3/p+1/b10-8-,13-11-,16-14-,19-17-,22-20-,25-24-,29-27-,35-33-. The first-order valence-corrected chi connectivity index (χ1v) is 22.5. The Kier molecular flexibility index (Phi) is 36.5. The van der Waals surface area contributed by atoms with Gasteiger partial charge in [0.25, 0.3) is 0 Å². The Hall–Kier alpha value is -2.58. The van der Waals surface area contributed by atoms with Crippen molar-refractivity contribution in [2.45, 2.75) is 136 Å². The minimum absolute atomic E-state index is 0.0671. The Balaban J connectivity index is 4.44. The lowest BCUT2D eigenvalue weighted by Crippen LogP contribution is -2.37. The molecule has 9 heteroatoms. The average molecular weight is 789 g/mol. The van der Waals surface area contributed by atoms with Crippen LogP contribution in [0.4, 0.5) is 0 Å². The molecule has 0 heterocycles. The number of quaternary nitrogens is 1. The fourth-order valence-electron chi connectivity index (χ4n) is 4.91. The Bertz CT molecular complexity index is 1190. The molecule has 314 valence electrons. The van der Waals surface area contributed by atoms with Gasteiger partial charge in [0.1, 0.15) is 19.3 Å². The highest BCUT2D eigenvalue weighted by atomic mass is 31.2. The summed E-state index contributed by atoms with van der Waals surface area (Å²) in [4.78, 5) is 22.8. The maximum absolute atomic E-state index is 12.6. The Labute approximate surface area is 337 Å². The van der Waals surface area contributed by atoms with Gasteiger partial charge in [-0.3, -0.25) is 13.8 Å². The largest absolute Gasteiger partial charge is 0.472 e. The number of likely N-dealkylation sites (N-methyl/N-ethyl adjacent to an activating group) is 1. The maximum Gasteiger partial charge on any atom is 0.472 e. The van der Waals surface area contributed by atoms with Gasteiger partial charge < -0.3 is 18.9 Å². The number of hydrogen-bond donors (Lipinski definition) is 1. The molecule has 0 fully saturated rings. The number of esters is 1. The molecule has 8 nitrogen and oxygen atoms in total. The van der Waals surface area contributed by atoms with Crippen LogP contribution in [0, 0.1) is 0 Å². The summed E-state index contributed by atoms with van der Waals surface area (Å²) in [6, 6.07) is 0. The van der Waals surface area contributed by atoms with E-state index in [2.05, 4.69) is 98.9 Å². The van der Waals surface area contributed by atoms with Crippen LogP contribution in [0.3, 0.4) is 0 Å². The topological polar surface area (TPSA) is 91.3 Å². The molecule has 1 N–H and O–H groups in total. The van der Waals surface area contributed by atoms with E-state index in [0.717, 1.165) is 77.0 Å². The smallest absolute Gasteiger partial charge is 0.457 e. The van der Waals surface area contributed by atoms with Gasteiger partial charge in [0.05, 0.1) is 34.4 Å². The first-order chi connectivity index (χ1) is 26.6. The van der Waals surface area contributed by atoms with Gasteiger partial charge >= 0.3 is 13.8 Å². The highest BCUT2D eigenvalue weighted by Gasteiger charge is 2.26. The van der Waals surface area contributed by atoms with Gasteiger partial charge in [-0.05, 0) is 77.0 Å². The Morgan fingerprint density at radius 3 is 1.58 bits per heavy atom. The third-order valence-electron chi connectivity index (χ3n) is 8.12. The van der Waals surface area contributed by atoms with E-state index in [9.17, 15) is 14.3 Å². The van der Waals surface area contributed by atoms with Crippen LogP contribution in [0.25, 0.3) is 0 Å². The van der Waals surface area contributed by atoms with E-state index < -0.39 is 19.9 Å². The zero-order valence-electron chi connectivity index (χ0n) is 35.4. The summed E-state index contributed by atoms with van der Waals surface area (Å²) in [6.07, 6.45) is 51.7.